The first-order valence-corrected chi connectivity index (χ1v) is 8.40. The summed E-state index contributed by atoms with van der Waals surface area (Å²) >= 11 is 1.78. The van der Waals surface area contributed by atoms with Gasteiger partial charge in [0.25, 0.3) is 0 Å². The first kappa shape index (κ1) is 15.3. The summed E-state index contributed by atoms with van der Waals surface area (Å²) in [6, 6.07) is 2.99. The van der Waals surface area contributed by atoms with Crippen LogP contribution in [0.25, 0.3) is 0 Å². The summed E-state index contributed by atoms with van der Waals surface area (Å²) in [5, 5.41) is 12.8. The molecule has 110 valence electrons. The van der Waals surface area contributed by atoms with Crippen molar-refractivity contribution < 1.29 is 0 Å². The van der Waals surface area contributed by atoms with E-state index in [0.717, 1.165) is 19.4 Å². The van der Waals surface area contributed by atoms with Crippen molar-refractivity contribution in [1.82, 2.24) is 15.1 Å². The van der Waals surface area contributed by atoms with Gasteiger partial charge in [-0.05, 0) is 54.8 Å². The van der Waals surface area contributed by atoms with Crippen LogP contribution in [0.2, 0.25) is 0 Å². The van der Waals surface area contributed by atoms with Crippen molar-refractivity contribution in [3.05, 3.63) is 39.8 Å². The van der Waals surface area contributed by atoms with Crippen LogP contribution in [-0.2, 0) is 6.42 Å². The van der Waals surface area contributed by atoms with Gasteiger partial charge in [-0.2, -0.15) is 16.4 Å². The lowest BCUT2D eigenvalue weighted by atomic mass is 10.0. The number of aromatic nitrogens is 2. The lowest BCUT2D eigenvalue weighted by Crippen LogP contribution is -2.23. The zero-order valence-electron chi connectivity index (χ0n) is 12.9. The molecule has 3 nitrogen and oxygen atoms in total. The maximum atomic E-state index is 4.72. The number of nitrogens with one attached hydrogen (secondary N) is 1. The molecule has 20 heavy (non-hydrogen) atoms. The van der Waals surface area contributed by atoms with E-state index in [2.05, 4.69) is 60.7 Å². The fourth-order valence-electron chi connectivity index (χ4n) is 2.39. The molecule has 2 aromatic rings. The van der Waals surface area contributed by atoms with Crippen molar-refractivity contribution in [2.24, 2.45) is 0 Å². The maximum Gasteiger partial charge on any atom is 0.0643 e. The van der Waals surface area contributed by atoms with Crippen LogP contribution in [0.15, 0.2) is 23.0 Å². The number of hydrogen-bond acceptors (Lipinski definition) is 3. The smallest absolute Gasteiger partial charge is 0.0643 e. The monoisotopic (exact) mass is 291 g/mol. The quantitative estimate of drug-likeness (QED) is 0.831. The van der Waals surface area contributed by atoms with Gasteiger partial charge in [0.2, 0.25) is 0 Å². The van der Waals surface area contributed by atoms with Gasteiger partial charge in [-0.1, -0.05) is 13.8 Å². The van der Waals surface area contributed by atoms with Gasteiger partial charge in [0.05, 0.1) is 5.69 Å². The van der Waals surface area contributed by atoms with Crippen molar-refractivity contribution in [1.29, 1.82) is 0 Å². The van der Waals surface area contributed by atoms with E-state index in [4.69, 9.17) is 5.10 Å². The fraction of sp³-hybridized carbons (Fsp3) is 0.562. The molecule has 0 amide bonds. The van der Waals surface area contributed by atoms with Gasteiger partial charge in [0.15, 0.2) is 0 Å². The molecule has 2 unspecified atom stereocenters. The van der Waals surface area contributed by atoms with E-state index in [1.807, 2.05) is 0 Å². The molecule has 0 spiro atoms. The van der Waals surface area contributed by atoms with Gasteiger partial charge in [-0.3, -0.25) is 4.68 Å². The fourth-order valence-corrected chi connectivity index (χ4v) is 3.30. The Kier molecular flexibility index (Phi) is 5.38. The van der Waals surface area contributed by atoms with E-state index in [0.29, 0.717) is 12.1 Å². The van der Waals surface area contributed by atoms with Crippen molar-refractivity contribution in [2.45, 2.75) is 52.6 Å². The summed E-state index contributed by atoms with van der Waals surface area (Å²) in [7, 11) is 0. The Hall–Kier alpha value is -1.13. The lowest BCUT2D eigenvalue weighted by Gasteiger charge is -2.17. The van der Waals surface area contributed by atoms with E-state index in [9.17, 15) is 0 Å². The summed E-state index contributed by atoms with van der Waals surface area (Å²) in [5.74, 6) is 0. The lowest BCUT2D eigenvalue weighted by molar-refractivity contribution is 0.467. The first-order chi connectivity index (χ1) is 9.65. The SMILES string of the molecule is CCNC(Cc1ccn(C(C)CC)n1)c1cscc1C. The summed E-state index contributed by atoms with van der Waals surface area (Å²) in [6.45, 7) is 9.73. The Balaban J connectivity index is 2.12. The van der Waals surface area contributed by atoms with Gasteiger partial charge >= 0.3 is 0 Å². The van der Waals surface area contributed by atoms with E-state index in [-0.39, 0.29) is 0 Å². The van der Waals surface area contributed by atoms with Gasteiger partial charge in [0.1, 0.15) is 0 Å². The van der Waals surface area contributed by atoms with Gasteiger partial charge in [0, 0.05) is 24.7 Å². The Labute approximate surface area is 126 Å². The highest BCUT2D eigenvalue weighted by molar-refractivity contribution is 7.08. The third kappa shape index (κ3) is 3.49. The van der Waals surface area contributed by atoms with E-state index >= 15 is 0 Å². The van der Waals surface area contributed by atoms with Crippen molar-refractivity contribution in [2.75, 3.05) is 6.54 Å². The number of rotatable bonds is 7. The highest BCUT2D eigenvalue weighted by Gasteiger charge is 2.16. The largest absolute Gasteiger partial charge is 0.310 e. The number of likely N-dealkylation sites (N-methyl/N-ethyl adjacent to an activating group) is 1. The van der Waals surface area contributed by atoms with Crippen LogP contribution in [0.3, 0.4) is 0 Å². The van der Waals surface area contributed by atoms with Gasteiger partial charge < -0.3 is 5.32 Å². The molecule has 0 bridgehead atoms. The zero-order chi connectivity index (χ0) is 14.5. The van der Waals surface area contributed by atoms with Crippen LogP contribution in [0.5, 0.6) is 0 Å². The van der Waals surface area contributed by atoms with Gasteiger partial charge in [-0.25, -0.2) is 0 Å². The number of thiophene rings is 1. The van der Waals surface area contributed by atoms with Crippen LogP contribution in [-0.4, -0.2) is 16.3 Å². The molecule has 0 aromatic carbocycles. The summed E-state index contributed by atoms with van der Waals surface area (Å²) in [4.78, 5) is 0. The topological polar surface area (TPSA) is 29.9 Å². The molecule has 2 heterocycles. The minimum atomic E-state index is 0.367. The Morgan fingerprint density at radius 2 is 2.15 bits per heavy atom. The van der Waals surface area contributed by atoms with E-state index in [1.54, 1.807) is 11.3 Å². The van der Waals surface area contributed by atoms with Crippen LogP contribution in [0.4, 0.5) is 0 Å². The highest BCUT2D eigenvalue weighted by atomic mass is 32.1. The predicted octanol–water partition coefficient (Wildman–Crippen LogP) is 4.12. The number of nitrogens with zero attached hydrogens (tertiary/aromatic N) is 2. The molecule has 0 radical (unpaired) electrons. The Morgan fingerprint density at radius 1 is 1.35 bits per heavy atom. The molecule has 4 heteroatoms. The average Bonchev–Trinajstić information content (AvgIpc) is 3.06. The minimum absolute atomic E-state index is 0.367. The number of aryl methyl sites for hydroxylation is 1. The second-order valence-electron chi connectivity index (χ2n) is 5.37. The van der Waals surface area contributed by atoms with Crippen molar-refractivity contribution >= 4 is 11.3 Å². The molecule has 2 aromatic heterocycles. The number of hydrogen-bond donors (Lipinski definition) is 1. The van der Waals surface area contributed by atoms with Crippen LogP contribution < -0.4 is 5.32 Å². The molecule has 0 aliphatic carbocycles. The minimum Gasteiger partial charge on any atom is -0.310 e. The molecular formula is C16H25N3S. The molecule has 1 N–H and O–H groups in total. The Bertz CT molecular complexity index is 529. The van der Waals surface area contributed by atoms with E-state index in [1.165, 1.54) is 16.8 Å². The standard InChI is InChI=1S/C16H25N3S/c1-5-13(4)19-8-7-14(18-19)9-16(17-6-2)15-11-20-10-12(15)3/h7-8,10-11,13,16-17H,5-6,9H2,1-4H3. The zero-order valence-corrected chi connectivity index (χ0v) is 13.7. The molecule has 2 rings (SSSR count). The molecule has 0 saturated carbocycles. The van der Waals surface area contributed by atoms with Gasteiger partial charge in [-0.15, -0.1) is 0 Å². The average molecular weight is 291 g/mol. The summed E-state index contributed by atoms with van der Waals surface area (Å²) < 4.78 is 2.08. The molecule has 0 aliphatic rings. The molecule has 0 fully saturated rings. The normalized spacial score (nSPS) is 14.4. The van der Waals surface area contributed by atoms with Crippen LogP contribution >= 0.6 is 11.3 Å². The van der Waals surface area contributed by atoms with Crippen LogP contribution in [0, 0.1) is 6.92 Å². The maximum absolute atomic E-state index is 4.72. The molecule has 0 saturated heterocycles. The second kappa shape index (κ2) is 7.04. The predicted molar refractivity (Wildman–Crippen MR) is 86.4 cm³/mol. The third-order valence-corrected chi connectivity index (χ3v) is 4.72. The summed E-state index contributed by atoms with van der Waals surface area (Å²) in [6.07, 6.45) is 4.17. The second-order valence-corrected chi connectivity index (χ2v) is 6.11. The van der Waals surface area contributed by atoms with Crippen LogP contribution in [0.1, 0.15) is 56.1 Å². The summed E-state index contributed by atoms with van der Waals surface area (Å²) in [5.41, 5.74) is 3.96. The Morgan fingerprint density at radius 3 is 2.75 bits per heavy atom. The molecule has 0 aliphatic heterocycles. The first-order valence-electron chi connectivity index (χ1n) is 7.45. The third-order valence-electron chi connectivity index (χ3n) is 3.84. The molecule has 2 atom stereocenters. The molecular weight excluding hydrogens is 266 g/mol. The highest BCUT2D eigenvalue weighted by Crippen LogP contribution is 2.24. The van der Waals surface area contributed by atoms with E-state index < -0.39 is 0 Å². The van der Waals surface area contributed by atoms with Crippen molar-refractivity contribution in [3.8, 4) is 0 Å². The van der Waals surface area contributed by atoms with Crippen molar-refractivity contribution in [3.63, 3.8) is 0 Å².